The van der Waals surface area contributed by atoms with Crippen LogP contribution in [0.15, 0.2) is 5.38 Å². The predicted molar refractivity (Wildman–Crippen MR) is 54.5 cm³/mol. The molecule has 1 aromatic heterocycles. The summed E-state index contributed by atoms with van der Waals surface area (Å²) in [5.41, 5.74) is 0.830. The Morgan fingerprint density at radius 2 is 2.36 bits per heavy atom. The molecule has 14 heavy (non-hydrogen) atoms. The molecule has 0 aliphatic rings. The number of aromatic nitrogens is 2. The largest absolute Gasteiger partial charge is 0.310 e. The standard InChI is InChI=1S/C6H12N4O2S2/c1-7-14(11,12)3-2-8-4-6-5-13-10-9-6/h5,7-8H,2-4H2,1H3. The van der Waals surface area contributed by atoms with Crippen molar-refractivity contribution in [2.75, 3.05) is 19.3 Å². The fourth-order valence-corrected chi connectivity index (χ4v) is 1.85. The minimum absolute atomic E-state index is 0.0705. The molecule has 1 rings (SSSR count). The summed E-state index contributed by atoms with van der Waals surface area (Å²) < 4.78 is 27.9. The van der Waals surface area contributed by atoms with Gasteiger partial charge in [0.2, 0.25) is 10.0 Å². The average Bonchev–Trinajstić information content (AvgIpc) is 2.65. The van der Waals surface area contributed by atoms with E-state index in [0.29, 0.717) is 13.1 Å². The van der Waals surface area contributed by atoms with E-state index < -0.39 is 10.0 Å². The minimum Gasteiger partial charge on any atom is -0.310 e. The van der Waals surface area contributed by atoms with E-state index in [9.17, 15) is 8.42 Å². The van der Waals surface area contributed by atoms with Gasteiger partial charge in [-0.05, 0) is 18.6 Å². The lowest BCUT2D eigenvalue weighted by Crippen LogP contribution is -2.29. The first-order valence-electron chi connectivity index (χ1n) is 4.02. The van der Waals surface area contributed by atoms with Crippen LogP contribution >= 0.6 is 11.5 Å². The zero-order valence-corrected chi connectivity index (χ0v) is 9.36. The SMILES string of the molecule is CNS(=O)(=O)CCNCc1csnn1. The van der Waals surface area contributed by atoms with E-state index in [1.54, 1.807) is 0 Å². The molecule has 0 bridgehead atoms. The topological polar surface area (TPSA) is 84.0 Å². The van der Waals surface area contributed by atoms with Crippen LogP contribution in [0.2, 0.25) is 0 Å². The van der Waals surface area contributed by atoms with Gasteiger partial charge in [0.1, 0.15) is 0 Å². The smallest absolute Gasteiger partial charge is 0.212 e. The third-order valence-corrected chi connectivity index (χ3v) is 3.49. The van der Waals surface area contributed by atoms with Crippen LogP contribution in [0.3, 0.4) is 0 Å². The van der Waals surface area contributed by atoms with Crippen molar-refractivity contribution in [2.24, 2.45) is 0 Å². The lowest BCUT2D eigenvalue weighted by atomic mass is 10.5. The van der Waals surface area contributed by atoms with Crippen molar-refractivity contribution >= 4 is 21.6 Å². The number of hydrogen-bond donors (Lipinski definition) is 2. The van der Waals surface area contributed by atoms with Gasteiger partial charge < -0.3 is 5.32 Å². The van der Waals surface area contributed by atoms with E-state index in [1.807, 2.05) is 5.38 Å². The Kier molecular flexibility index (Phi) is 4.39. The maximum absolute atomic E-state index is 11.0. The highest BCUT2D eigenvalue weighted by Crippen LogP contribution is 1.95. The first-order chi connectivity index (χ1) is 6.64. The van der Waals surface area contributed by atoms with E-state index in [4.69, 9.17) is 0 Å². The molecule has 0 radical (unpaired) electrons. The summed E-state index contributed by atoms with van der Waals surface area (Å²) in [6.45, 7) is 0.955. The molecule has 0 aliphatic heterocycles. The van der Waals surface area contributed by atoms with Gasteiger partial charge in [0, 0.05) is 18.5 Å². The second kappa shape index (κ2) is 5.35. The molecule has 0 saturated heterocycles. The molecule has 0 saturated carbocycles. The Bertz CT molecular complexity index is 348. The molecule has 1 aromatic rings. The van der Waals surface area contributed by atoms with Crippen LogP contribution in [-0.2, 0) is 16.6 Å². The van der Waals surface area contributed by atoms with Gasteiger partial charge in [-0.15, -0.1) is 5.10 Å². The molecule has 0 amide bonds. The van der Waals surface area contributed by atoms with E-state index in [0.717, 1.165) is 5.69 Å². The number of nitrogens with one attached hydrogen (secondary N) is 2. The van der Waals surface area contributed by atoms with Crippen LogP contribution in [0.4, 0.5) is 0 Å². The van der Waals surface area contributed by atoms with Gasteiger partial charge in [-0.3, -0.25) is 0 Å². The fourth-order valence-electron chi connectivity index (χ4n) is 0.786. The van der Waals surface area contributed by atoms with Crippen molar-refractivity contribution < 1.29 is 8.42 Å². The molecule has 0 spiro atoms. The van der Waals surface area contributed by atoms with Gasteiger partial charge >= 0.3 is 0 Å². The minimum atomic E-state index is -3.11. The molecule has 80 valence electrons. The quantitative estimate of drug-likeness (QED) is 0.630. The first kappa shape index (κ1) is 11.5. The molecule has 0 unspecified atom stereocenters. The van der Waals surface area contributed by atoms with Crippen LogP contribution in [0.1, 0.15) is 5.69 Å². The maximum Gasteiger partial charge on any atom is 0.212 e. The molecular formula is C6H12N4O2S2. The predicted octanol–water partition coefficient (Wildman–Crippen LogP) is -0.823. The van der Waals surface area contributed by atoms with Crippen LogP contribution in [0.5, 0.6) is 0 Å². The number of nitrogens with zero attached hydrogens (tertiary/aromatic N) is 2. The first-order valence-corrected chi connectivity index (χ1v) is 6.51. The number of rotatable bonds is 6. The summed E-state index contributed by atoms with van der Waals surface area (Å²) in [6, 6.07) is 0. The van der Waals surface area contributed by atoms with Gasteiger partial charge in [-0.1, -0.05) is 4.49 Å². The van der Waals surface area contributed by atoms with Gasteiger partial charge in [0.05, 0.1) is 11.4 Å². The van der Waals surface area contributed by atoms with Crippen molar-refractivity contribution in [3.8, 4) is 0 Å². The highest BCUT2D eigenvalue weighted by molar-refractivity contribution is 7.89. The molecule has 8 heteroatoms. The molecule has 0 aromatic carbocycles. The van der Waals surface area contributed by atoms with Gasteiger partial charge in [0.25, 0.3) is 0 Å². The van der Waals surface area contributed by atoms with Crippen molar-refractivity contribution in [1.29, 1.82) is 0 Å². The van der Waals surface area contributed by atoms with Crippen LogP contribution in [0, 0.1) is 0 Å². The Morgan fingerprint density at radius 3 is 2.93 bits per heavy atom. The third kappa shape index (κ3) is 4.09. The zero-order valence-electron chi connectivity index (χ0n) is 7.73. The van der Waals surface area contributed by atoms with Crippen molar-refractivity contribution in [1.82, 2.24) is 19.6 Å². The van der Waals surface area contributed by atoms with Crippen molar-refractivity contribution in [2.45, 2.75) is 6.54 Å². The highest BCUT2D eigenvalue weighted by atomic mass is 32.2. The Balaban J connectivity index is 2.17. The van der Waals surface area contributed by atoms with E-state index in [1.165, 1.54) is 18.6 Å². The van der Waals surface area contributed by atoms with E-state index in [-0.39, 0.29) is 5.75 Å². The Morgan fingerprint density at radius 1 is 1.57 bits per heavy atom. The van der Waals surface area contributed by atoms with E-state index in [2.05, 4.69) is 19.6 Å². The molecule has 0 aliphatic carbocycles. The molecule has 1 heterocycles. The Hall–Kier alpha value is -0.570. The summed E-state index contributed by atoms with van der Waals surface area (Å²) in [7, 11) is -1.70. The highest BCUT2D eigenvalue weighted by Gasteiger charge is 2.05. The van der Waals surface area contributed by atoms with Gasteiger partial charge in [0.15, 0.2) is 0 Å². The van der Waals surface area contributed by atoms with Crippen molar-refractivity contribution in [3.63, 3.8) is 0 Å². The lowest BCUT2D eigenvalue weighted by Gasteiger charge is -2.02. The third-order valence-electron chi connectivity index (χ3n) is 1.57. The number of hydrogen-bond acceptors (Lipinski definition) is 6. The molecule has 6 nitrogen and oxygen atoms in total. The summed E-state index contributed by atoms with van der Waals surface area (Å²) in [4.78, 5) is 0. The second-order valence-corrected chi connectivity index (χ2v) is 5.25. The van der Waals surface area contributed by atoms with Crippen LogP contribution < -0.4 is 10.0 Å². The van der Waals surface area contributed by atoms with Crippen LogP contribution in [-0.4, -0.2) is 37.4 Å². The summed E-state index contributed by atoms with van der Waals surface area (Å²) in [5.74, 6) is 0.0705. The lowest BCUT2D eigenvalue weighted by molar-refractivity contribution is 0.582. The maximum atomic E-state index is 11.0. The summed E-state index contributed by atoms with van der Waals surface area (Å²) in [5, 5.41) is 8.59. The van der Waals surface area contributed by atoms with Gasteiger partial charge in [-0.25, -0.2) is 13.1 Å². The molecule has 0 fully saturated rings. The normalized spacial score (nSPS) is 11.8. The fraction of sp³-hybridized carbons (Fsp3) is 0.667. The molecule has 0 atom stereocenters. The summed E-state index contributed by atoms with van der Waals surface area (Å²) >= 11 is 1.28. The second-order valence-electron chi connectivity index (χ2n) is 2.60. The molecule has 2 N–H and O–H groups in total. The number of sulfonamides is 1. The van der Waals surface area contributed by atoms with Crippen molar-refractivity contribution in [3.05, 3.63) is 11.1 Å². The Labute approximate surface area is 86.9 Å². The zero-order chi connectivity index (χ0) is 10.4. The monoisotopic (exact) mass is 236 g/mol. The van der Waals surface area contributed by atoms with Gasteiger partial charge in [-0.2, -0.15) is 0 Å². The van der Waals surface area contributed by atoms with Crippen LogP contribution in [0.25, 0.3) is 0 Å². The summed E-state index contributed by atoms with van der Waals surface area (Å²) in [6.07, 6.45) is 0. The van der Waals surface area contributed by atoms with E-state index >= 15 is 0 Å². The molecular weight excluding hydrogens is 224 g/mol. The average molecular weight is 236 g/mol.